The molecule has 0 radical (unpaired) electrons. The SMILES string of the molecule is CCCCCCC(CC)OC(=O)CCCCCCCCN(CCCCCCCCC(=O)OC(CC)CCCCCC)CCN(C)CCN(C)CCN(C)CCN(CCCCCCCCC(=O)OC(CC)CCCCCC)CCCCCC(=O)Nc1nc(OCCCC)nc2c1[nH]c(=O)n2Cc1cccc(CC(=O)OC)c1. The number of ether oxygens (including phenoxy) is 5. The number of carbonyl (C=O) groups is 5. The molecule has 1 aromatic carbocycles. The first-order valence-electron chi connectivity index (χ1n) is 45.1. The second-order valence-corrected chi connectivity index (χ2v) is 32.0. The van der Waals surface area contributed by atoms with Gasteiger partial charge in [0.25, 0.3) is 0 Å². The Morgan fingerprint density at radius 3 is 1.21 bits per heavy atom. The Hall–Kier alpha value is -5.48. The van der Waals surface area contributed by atoms with Crippen molar-refractivity contribution in [1.29, 1.82) is 0 Å². The molecule has 2 N–H and O–H groups in total. The fourth-order valence-corrected chi connectivity index (χ4v) is 14.3. The molecule has 638 valence electrons. The summed E-state index contributed by atoms with van der Waals surface area (Å²) < 4.78 is 29.9. The van der Waals surface area contributed by atoms with Gasteiger partial charge in [-0.1, -0.05) is 220 Å². The number of fused-ring (bicyclic) bond motifs is 1. The summed E-state index contributed by atoms with van der Waals surface area (Å²) >= 11 is 0. The van der Waals surface area contributed by atoms with Crippen LogP contribution in [-0.4, -0.2) is 206 Å². The van der Waals surface area contributed by atoms with Crippen LogP contribution in [0.1, 0.15) is 349 Å². The lowest BCUT2D eigenvalue weighted by Gasteiger charge is -2.28. The van der Waals surface area contributed by atoms with Crippen LogP contribution >= 0.6 is 0 Å². The third-order valence-corrected chi connectivity index (χ3v) is 21.9. The summed E-state index contributed by atoms with van der Waals surface area (Å²) in [6.45, 7) is 27.9. The Bertz CT molecular complexity index is 2860. The smallest absolute Gasteiger partial charge is 0.328 e. The molecule has 111 heavy (non-hydrogen) atoms. The number of amides is 1. The number of anilines is 1. The fraction of sp³-hybridized carbons (Fsp3) is 0.822. The number of aromatic nitrogens is 4. The first-order valence-corrected chi connectivity index (χ1v) is 45.1. The van der Waals surface area contributed by atoms with Crippen LogP contribution in [0, 0.1) is 0 Å². The lowest BCUT2D eigenvalue weighted by molar-refractivity contribution is -0.150. The fourth-order valence-electron chi connectivity index (χ4n) is 14.3. The van der Waals surface area contributed by atoms with Gasteiger partial charge in [-0.15, -0.1) is 0 Å². The van der Waals surface area contributed by atoms with E-state index in [1.165, 1.54) is 108 Å². The number of esters is 4. The summed E-state index contributed by atoms with van der Waals surface area (Å²) in [5.41, 5.74) is 1.79. The molecule has 3 rings (SSSR count). The van der Waals surface area contributed by atoms with Gasteiger partial charge in [0.1, 0.15) is 23.8 Å². The third-order valence-electron chi connectivity index (χ3n) is 21.9. The van der Waals surface area contributed by atoms with Gasteiger partial charge >= 0.3 is 35.6 Å². The number of likely N-dealkylation sites (N-methyl/N-ethyl adjacent to an activating group) is 3. The van der Waals surface area contributed by atoms with Crippen LogP contribution in [0.3, 0.4) is 0 Å². The van der Waals surface area contributed by atoms with E-state index in [9.17, 15) is 28.8 Å². The van der Waals surface area contributed by atoms with E-state index in [2.05, 4.69) is 114 Å². The normalized spacial score (nSPS) is 12.6. The maximum absolute atomic E-state index is 13.7. The summed E-state index contributed by atoms with van der Waals surface area (Å²) in [6.07, 6.45) is 46.4. The van der Waals surface area contributed by atoms with Crippen molar-refractivity contribution in [1.82, 2.24) is 44.0 Å². The summed E-state index contributed by atoms with van der Waals surface area (Å²) in [5.74, 6) is -0.428. The van der Waals surface area contributed by atoms with Crippen molar-refractivity contribution in [2.45, 2.75) is 369 Å². The van der Waals surface area contributed by atoms with E-state index < -0.39 is 5.69 Å². The molecule has 0 spiro atoms. The number of nitrogens with one attached hydrogen (secondary N) is 2. The predicted octanol–water partition coefficient (Wildman–Crippen LogP) is 19.0. The summed E-state index contributed by atoms with van der Waals surface area (Å²) in [6, 6.07) is 7.52. The van der Waals surface area contributed by atoms with Crippen molar-refractivity contribution in [2.24, 2.45) is 0 Å². The molecule has 0 saturated carbocycles. The van der Waals surface area contributed by atoms with Crippen molar-refractivity contribution in [3.8, 4) is 6.01 Å². The number of nitrogens with zero attached hydrogens (tertiary/aromatic N) is 8. The number of carbonyl (C=O) groups excluding carboxylic acids is 5. The van der Waals surface area contributed by atoms with E-state index in [4.69, 9.17) is 23.7 Å². The van der Waals surface area contributed by atoms with Crippen LogP contribution in [0.2, 0.25) is 0 Å². The van der Waals surface area contributed by atoms with Crippen molar-refractivity contribution in [3.05, 3.63) is 45.9 Å². The quantitative estimate of drug-likeness (QED) is 0.0304. The van der Waals surface area contributed by atoms with E-state index in [0.29, 0.717) is 49.9 Å². The maximum atomic E-state index is 13.7. The molecule has 0 saturated heterocycles. The molecular weight excluding hydrogens is 1400 g/mol. The molecule has 3 unspecified atom stereocenters. The predicted molar refractivity (Wildman–Crippen MR) is 456 cm³/mol. The van der Waals surface area contributed by atoms with Gasteiger partial charge in [0.05, 0.1) is 26.7 Å². The molecule has 2 heterocycles. The number of benzene rings is 1. The second kappa shape index (κ2) is 65.7. The van der Waals surface area contributed by atoms with Crippen LogP contribution < -0.4 is 15.7 Å². The van der Waals surface area contributed by atoms with Crippen LogP contribution in [0.4, 0.5) is 5.82 Å². The molecule has 0 fully saturated rings. The zero-order valence-electron chi connectivity index (χ0n) is 72.5. The Morgan fingerprint density at radius 2 is 0.802 bits per heavy atom. The highest BCUT2D eigenvalue weighted by Gasteiger charge is 2.21. The Morgan fingerprint density at radius 1 is 0.432 bits per heavy atom. The topological polar surface area (TPSA) is 223 Å². The average molecular weight is 1560 g/mol. The van der Waals surface area contributed by atoms with Crippen molar-refractivity contribution >= 4 is 46.8 Å². The zero-order chi connectivity index (χ0) is 80.7. The Labute approximate surface area is 674 Å². The van der Waals surface area contributed by atoms with Crippen molar-refractivity contribution < 1.29 is 47.7 Å². The number of unbranched alkanes of at least 4 members (excludes halogenated alkanes) is 27. The highest BCUT2D eigenvalue weighted by Crippen LogP contribution is 2.24. The number of H-pyrrole nitrogens is 1. The number of aromatic amines is 1. The highest BCUT2D eigenvalue weighted by atomic mass is 16.6. The van der Waals surface area contributed by atoms with E-state index in [-0.39, 0.29) is 72.9 Å². The van der Waals surface area contributed by atoms with E-state index in [1.807, 2.05) is 24.3 Å². The van der Waals surface area contributed by atoms with Crippen LogP contribution in [0.5, 0.6) is 6.01 Å². The standard InChI is InChI=1S/C90H162N10O11/c1-12-19-23-39-53-78(16-5)109-82(102)57-43-32-26-29-35-46-60-98(61-47-36-30-27-33-44-58-83(103)110-79(17-6)54-40-24-20-13-2)70-68-96(9)66-64-95(8)65-67-97(10)69-71-99(62-48-37-31-28-34-45-59-84(104)111-80(18-7)55-41-25-21-14-3)63-49-38-42-56-81(101)91-87-86-88(94-89(93-87)108-72-22-15-4)100(90(106)92-86)75-77-52-50-51-76(73-77)74-85(105)107-11/h50-52,73,78-80H,12-49,53-72,74-75H2,1-11H3,(H,92,106)(H,91,93,94,101). The van der Waals surface area contributed by atoms with Gasteiger partial charge in [0, 0.05) is 78.0 Å². The monoisotopic (exact) mass is 1560 g/mol. The number of imidazole rings is 1. The lowest BCUT2D eigenvalue weighted by atomic mass is 10.1. The number of hydrogen-bond acceptors (Lipinski definition) is 18. The van der Waals surface area contributed by atoms with Gasteiger partial charge < -0.3 is 58.5 Å². The van der Waals surface area contributed by atoms with Gasteiger partial charge in [-0.2, -0.15) is 9.97 Å². The molecule has 2 aromatic heterocycles. The molecule has 0 bridgehead atoms. The van der Waals surface area contributed by atoms with Gasteiger partial charge in [0.15, 0.2) is 11.5 Å². The van der Waals surface area contributed by atoms with Gasteiger partial charge in [-0.25, -0.2) is 4.79 Å². The van der Waals surface area contributed by atoms with Gasteiger partial charge in [-0.3, -0.25) is 28.5 Å². The van der Waals surface area contributed by atoms with Crippen LogP contribution in [0.25, 0.3) is 11.2 Å². The first-order chi connectivity index (χ1) is 54.0. The van der Waals surface area contributed by atoms with Crippen LogP contribution in [-0.2, 0) is 55.9 Å². The Balaban J connectivity index is 1.54. The molecule has 3 atom stereocenters. The van der Waals surface area contributed by atoms with Gasteiger partial charge in [0.2, 0.25) is 5.91 Å². The average Bonchev–Trinajstić information content (AvgIpc) is 1.64. The minimum absolute atomic E-state index is 0.0185. The molecule has 21 nitrogen and oxygen atoms in total. The molecule has 21 heteroatoms. The molecule has 0 aliphatic carbocycles. The number of methoxy groups -OCH3 is 1. The largest absolute Gasteiger partial charge is 0.469 e. The molecular formula is C90H162N10O11. The molecule has 0 aliphatic heterocycles. The number of rotatable bonds is 75. The molecule has 3 aromatic rings. The van der Waals surface area contributed by atoms with Gasteiger partial charge in [-0.05, 0) is 174 Å². The summed E-state index contributed by atoms with van der Waals surface area (Å²) in [7, 11) is 8.13. The number of hydrogen-bond donors (Lipinski definition) is 2. The Kier molecular flexibility index (Phi) is 59.1. The summed E-state index contributed by atoms with van der Waals surface area (Å²) in [4.78, 5) is 102. The van der Waals surface area contributed by atoms with Crippen molar-refractivity contribution in [3.63, 3.8) is 0 Å². The molecule has 0 aliphatic rings. The van der Waals surface area contributed by atoms with Crippen molar-refractivity contribution in [2.75, 3.05) is 119 Å². The van der Waals surface area contributed by atoms with E-state index >= 15 is 0 Å². The molecule has 1 amide bonds. The van der Waals surface area contributed by atoms with E-state index in [0.717, 1.165) is 250 Å². The van der Waals surface area contributed by atoms with Crippen LogP contribution in [0.15, 0.2) is 29.1 Å². The minimum atomic E-state index is -0.406. The zero-order valence-corrected chi connectivity index (χ0v) is 72.5. The highest BCUT2D eigenvalue weighted by molar-refractivity contribution is 5.97. The third kappa shape index (κ3) is 49.8. The first kappa shape index (κ1) is 99.7. The summed E-state index contributed by atoms with van der Waals surface area (Å²) in [5, 5.41) is 2.99. The minimum Gasteiger partial charge on any atom is -0.469 e. The van der Waals surface area contributed by atoms with E-state index in [1.54, 1.807) is 0 Å². The lowest BCUT2D eigenvalue weighted by Crippen LogP contribution is -2.40. The maximum Gasteiger partial charge on any atom is 0.328 e. The second-order valence-electron chi connectivity index (χ2n) is 32.0.